The summed E-state index contributed by atoms with van der Waals surface area (Å²) >= 11 is 0. The Bertz CT molecular complexity index is 500. The largest absolute Gasteiger partial charge is 0.458 e. The summed E-state index contributed by atoms with van der Waals surface area (Å²) in [6.45, 7) is 2.38. The molecule has 0 aliphatic heterocycles. The fourth-order valence-electron chi connectivity index (χ4n) is 1.91. The van der Waals surface area contributed by atoms with Crippen LogP contribution >= 0.6 is 0 Å². The third kappa shape index (κ3) is 2.81. The second-order valence-electron chi connectivity index (χ2n) is 4.28. The molecule has 1 aromatic carbocycles. The molecule has 1 unspecified atom stereocenters. The molecule has 0 aliphatic rings. The molecule has 0 fully saturated rings. The Labute approximate surface area is 107 Å². The molecule has 1 N–H and O–H groups in total. The normalized spacial score (nSPS) is 12.6. The van der Waals surface area contributed by atoms with E-state index in [1.807, 2.05) is 30.3 Å². The van der Waals surface area contributed by atoms with Crippen LogP contribution < -0.4 is 0 Å². The molecule has 0 amide bonds. The van der Waals surface area contributed by atoms with Crippen molar-refractivity contribution in [2.24, 2.45) is 0 Å². The van der Waals surface area contributed by atoms with Gasteiger partial charge < -0.3 is 14.3 Å². The van der Waals surface area contributed by atoms with Crippen LogP contribution in [0.4, 0.5) is 0 Å². The first-order valence-corrected chi connectivity index (χ1v) is 6.07. The van der Waals surface area contributed by atoms with E-state index in [0.717, 1.165) is 17.7 Å². The molecule has 1 aromatic heterocycles. The van der Waals surface area contributed by atoms with E-state index in [2.05, 4.69) is 6.07 Å². The van der Waals surface area contributed by atoms with Crippen LogP contribution in [0.3, 0.4) is 0 Å². The highest BCUT2D eigenvalue weighted by Crippen LogP contribution is 2.28. The van der Waals surface area contributed by atoms with E-state index in [1.54, 1.807) is 14.0 Å². The summed E-state index contributed by atoms with van der Waals surface area (Å²) < 4.78 is 10.8. The van der Waals surface area contributed by atoms with E-state index in [1.165, 1.54) is 5.56 Å². The quantitative estimate of drug-likeness (QED) is 0.881. The average Bonchev–Trinajstić information content (AvgIpc) is 2.86. The molecule has 0 aliphatic carbocycles. The van der Waals surface area contributed by atoms with E-state index < -0.39 is 6.10 Å². The maximum atomic E-state index is 9.48. The minimum absolute atomic E-state index is 0.579. The predicted molar refractivity (Wildman–Crippen MR) is 70.4 cm³/mol. The van der Waals surface area contributed by atoms with Gasteiger partial charge in [-0.2, -0.15) is 0 Å². The van der Waals surface area contributed by atoms with Crippen molar-refractivity contribution in [3.8, 4) is 11.3 Å². The van der Waals surface area contributed by atoms with E-state index in [-0.39, 0.29) is 0 Å². The Morgan fingerprint density at radius 1 is 1.22 bits per heavy atom. The number of aliphatic hydroxyl groups is 1. The number of benzene rings is 1. The summed E-state index contributed by atoms with van der Waals surface area (Å²) in [5.41, 5.74) is 2.24. The summed E-state index contributed by atoms with van der Waals surface area (Å²) in [5.74, 6) is 1.38. The fraction of sp³-hybridized carbons (Fsp3) is 0.333. The van der Waals surface area contributed by atoms with Crippen LogP contribution in [0.25, 0.3) is 11.3 Å². The molecule has 1 heterocycles. The molecule has 0 radical (unpaired) electrons. The molecule has 96 valence electrons. The Morgan fingerprint density at radius 2 is 2.00 bits per heavy atom. The summed E-state index contributed by atoms with van der Waals surface area (Å²) in [5, 5.41) is 9.48. The molecule has 2 rings (SSSR count). The van der Waals surface area contributed by atoms with Gasteiger partial charge in [0.05, 0.1) is 6.61 Å². The van der Waals surface area contributed by atoms with Crippen molar-refractivity contribution in [3.05, 3.63) is 47.7 Å². The molecular formula is C15H18O3. The second-order valence-corrected chi connectivity index (χ2v) is 4.28. The smallest absolute Gasteiger partial charge is 0.134 e. The third-order valence-corrected chi connectivity index (χ3v) is 2.90. The molecule has 3 heteroatoms. The van der Waals surface area contributed by atoms with Gasteiger partial charge in [-0.3, -0.25) is 0 Å². The lowest BCUT2D eigenvalue weighted by Gasteiger charge is -2.07. The number of hydrogen-bond donors (Lipinski definition) is 1. The number of hydrogen-bond acceptors (Lipinski definition) is 3. The molecule has 18 heavy (non-hydrogen) atoms. The Balaban J connectivity index is 2.30. The van der Waals surface area contributed by atoms with Gasteiger partial charge in [-0.1, -0.05) is 24.3 Å². The monoisotopic (exact) mass is 246 g/mol. The molecule has 0 saturated carbocycles. The van der Waals surface area contributed by atoms with Gasteiger partial charge in [0.2, 0.25) is 0 Å². The number of aliphatic hydroxyl groups excluding tert-OH is 1. The molecule has 2 aromatic rings. The highest BCUT2D eigenvalue weighted by molar-refractivity contribution is 5.62. The van der Waals surface area contributed by atoms with Crippen LogP contribution in [0, 0.1) is 0 Å². The zero-order chi connectivity index (χ0) is 13.0. The summed E-state index contributed by atoms with van der Waals surface area (Å²) in [6, 6.07) is 11.8. The lowest BCUT2D eigenvalue weighted by Crippen LogP contribution is -1.96. The van der Waals surface area contributed by atoms with E-state index in [4.69, 9.17) is 9.15 Å². The molecule has 0 bridgehead atoms. The third-order valence-electron chi connectivity index (χ3n) is 2.90. The van der Waals surface area contributed by atoms with Crippen LogP contribution in [0.2, 0.25) is 0 Å². The van der Waals surface area contributed by atoms with Crippen molar-refractivity contribution in [3.63, 3.8) is 0 Å². The highest BCUT2D eigenvalue weighted by atomic mass is 16.5. The SMILES string of the molecule is COCCc1ccccc1-c1ccc(C(C)O)o1. The van der Waals surface area contributed by atoms with Crippen molar-refractivity contribution in [2.45, 2.75) is 19.4 Å². The summed E-state index contributed by atoms with van der Waals surface area (Å²) in [6.07, 6.45) is 0.266. The maximum Gasteiger partial charge on any atom is 0.134 e. The topological polar surface area (TPSA) is 42.6 Å². The standard InChI is InChI=1S/C15H18O3/c1-11(16)14-7-8-15(18-14)13-6-4-3-5-12(13)9-10-17-2/h3-8,11,16H,9-10H2,1-2H3. The minimum Gasteiger partial charge on any atom is -0.458 e. The van der Waals surface area contributed by atoms with Crippen LogP contribution in [0.15, 0.2) is 40.8 Å². The Hall–Kier alpha value is -1.58. The van der Waals surface area contributed by atoms with E-state index >= 15 is 0 Å². The zero-order valence-corrected chi connectivity index (χ0v) is 10.7. The zero-order valence-electron chi connectivity index (χ0n) is 10.7. The van der Waals surface area contributed by atoms with Gasteiger partial charge in [-0.25, -0.2) is 0 Å². The number of rotatable bonds is 5. The highest BCUT2D eigenvalue weighted by Gasteiger charge is 2.11. The van der Waals surface area contributed by atoms with Gasteiger partial charge in [0.25, 0.3) is 0 Å². The first-order chi connectivity index (χ1) is 8.72. The van der Waals surface area contributed by atoms with Crippen LogP contribution in [0.1, 0.15) is 24.4 Å². The van der Waals surface area contributed by atoms with Gasteiger partial charge in [-0.05, 0) is 31.0 Å². The molecule has 1 atom stereocenters. The van der Waals surface area contributed by atoms with Gasteiger partial charge in [0.15, 0.2) is 0 Å². The van der Waals surface area contributed by atoms with Gasteiger partial charge in [0.1, 0.15) is 17.6 Å². The predicted octanol–water partition coefficient (Wildman–Crippen LogP) is 3.19. The molecule has 0 saturated heterocycles. The minimum atomic E-state index is -0.579. The Morgan fingerprint density at radius 3 is 2.67 bits per heavy atom. The first-order valence-electron chi connectivity index (χ1n) is 6.07. The van der Waals surface area contributed by atoms with E-state index in [0.29, 0.717) is 12.4 Å². The first kappa shape index (κ1) is 12.9. The summed E-state index contributed by atoms with van der Waals surface area (Å²) in [4.78, 5) is 0. The van der Waals surface area contributed by atoms with Crippen molar-refractivity contribution in [2.75, 3.05) is 13.7 Å². The van der Waals surface area contributed by atoms with Gasteiger partial charge in [-0.15, -0.1) is 0 Å². The van der Waals surface area contributed by atoms with Crippen molar-refractivity contribution in [1.29, 1.82) is 0 Å². The molecular weight excluding hydrogens is 228 g/mol. The van der Waals surface area contributed by atoms with Crippen LogP contribution in [-0.4, -0.2) is 18.8 Å². The Kier molecular flexibility index (Phi) is 4.18. The maximum absolute atomic E-state index is 9.48. The lowest BCUT2D eigenvalue weighted by atomic mass is 10.0. The average molecular weight is 246 g/mol. The second kappa shape index (κ2) is 5.85. The van der Waals surface area contributed by atoms with Crippen LogP contribution in [-0.2, 0) is 11.2 Å². The number of methoxy groups -OCH3 is 1. The fourth-order valence-corrected chi connectivity index (χ4v) is 1.91. The lowest BCUT2D eigenvalue weighted by molar-refractivity contribution is 0.170. The van der Waals surface area contributed by atoms with Crippen molar-refractivity contribution in [1.82, 2.24) is 0 Å². The van der Waals surface area contributed by atoms with Crippen LogP contribution in [0.5, 0.6) is 0 Å². The van der Waals surface area contributed by atoms with E-state index in [9.17, 15) is 5.11 Å². The molecule has 0 spiro atoms. The molecule has 3 nitrogen and oxygen atoms in total. The van der Waals surface area contributed by atoms with Gasteiger partial charge in [0, 0.05) is 12.7 Å². The number of furan rings is 1. The summed E-state index contributed by atoms with van der Waals surface area (Å²) in [7, 11) is 1.70. The van der Waals surface area contributed by atoms with Crippen molar-refractivity contribution >= 4 is 0 Å². The van der Waals surface area contributed by atoms with Gasteiger partial charge >= 0.3 is 0 Å². The number of ether oxygens (including phenoxy) is 1. The van der Waals surface area contributed by atoms with Crippen molar-refractivity contribution < 1.29 is 14.3 Å².